The molecule has 1 saturated carbocycles. The monoisotopic (exact) mass is 425 g/mol. The van der Waals surface area contributed by atoms with Crippen LogP contribution in [0.2, 0.25) is 0 Å². The van der Waals surface area contributed by atoms with Crippen LogP contribution in [-0.4, -0.2) is 36.1 Å². The van der Waals surface area contributed by atoms with Crippen LogP contribution in [0, 0.1) is 0 Å². The Kier molecular flexibility index (Phi) is 6.69. The quantitative estimate of drug-likeness (QED) is 0.544. The molecule has 2 N–H and O–H groups in total. The van der Waals surface area contributed by atoms with E-state index in [9.17, 15) is 3.89 Å². The first kappa shape index (κ1) is 20.9. The Hall–Kier alpha value is -2.38. The molecule has 1 aliphatic carbocycles. The summed E-state index contributed by atoms with van der Waals surface area (Å²) < 4.78 is 12.5. The van der Waals surface area contributed by atoms with Gasteiger partial charge in [0.25, 0.3) is 0 Å². The summed E-state index contributed by atoms with van der Waals surface area (Å²) in [5, 5.41) is 8.27. The van der Waals surface area contributed by atoms with Gasteiger partial charge in [-0.25, -0.2) is 4.98 Å². The van der Waals surface area contributed by atoms with Crippen molar-refractivity contribution in [3.8, 4) is 0 Å². The van der Waals surface area contributed by atoms with Crippen LogP contribution in [0.25, 0.3) is 10.9 Å². The minimum atomic E-state index is 0.287. The van der Waals surface area contributed by atoms with Gasteiger partial charge in [0.05, 0.1) is 17.7 Å². The van der Waals surface area contributed by atoms with Gasteiger partial charge in [-0.1, -0.05) is 24.3 Å². The molecule has 5 nitrogen and oxygen atoms in total. The molecule has 0 atom stereocenters. The lowest BCUT2D eigenvalue weighted by atomic mass is 9.91. The first-order valence-electron chi connectivity index (χ1n) is 10.4. The Morgan fingerprint density at radius 3 is 2.37 bits per heavy atom. The maximum absolute atomic E-state index is 12.5. The number of para-hydroxylation sites is 1. The zero-order valence-corrected chi connectivity index (χ0v) is 18.3. The fraction of sp³-hybridized carbons (Fsp3) is 0.391. The molecule has 3 aromatic rings. The van der Waals surface area contributed by atoms with E-state index >= 15 is 0 Å². The summed E-state index contributed by atoms with van der Waals surface area (Å²) in [6.45, 7) is 0.819. The molecule has 158 valence electrons. The summed E-state index contributed by atoms with van der Waals surface area (Å²) in [7, 11) is 4.03. The molecule has 0 aliphatic heterocycles. The minimum Gasteiger partial charge on any atom is -0.362 e. The Labute approximate surface area is 181 Å². The van der Waals surface area contributed by atoms with Crippen molar-refractivity contribution in [2.75, 3.05) is 24.3 Å². The molecule has 0 unspecified atom stereocenters. The largest absolute Gasteiger partial charge is 0.362 e. The van der Waals surface area contributed by atoms with Gasteiger partial charge < -0.3 is 15.5 Å². The van der Waals surface area contributed by atoms with E-state index in [-0.39, 0.29) is 12.1 Å². The van der Waals surface area contributed by atoms with Gasteiger partial charge in [-0.3, -0.25) is 0 Å². The summed E-state index contributed by atoms with van der Waals surface area (Å²) in [5.74, 6) is 1.65. The highest BCUT2D eigenvalue weighted by Gasteiger charge is 2.22. The van der Waals surface area contributed by atoms with Crippen LogP contribution < -0.4 is 15.5 Å². The Morgan fingerprint density at radius 2 is 1.67 bits per heavy atom. The van der Waals surface area contributed by atoms with Crippen LogP contribution in [0.5, 0.6) is 0 Å². The third-order valence-corrected chi connectivity index (χ3v) is 6.12. The van der Waals surface area contributed by atoms with Crippen LogP contribution in [-0.2, 0) is 6.54 Å². The lowest BCUT2D eigenvalue weighted by Crippen LogP contribution is -2.37. The number of nitrogens with zero attached hydrogens (tertiary/aromatic N) is 3. The number of rotatable bonds is 7. The van der Waals surface area contributed by atoms with Gasteiger partial charge >= 0.3 is 0 Å². The Balaban J connectivity index is 1.32. The third kappa shape index (κ3) is 5.02. The van der Waals surface area contributed by atoms with Crippen LogP contribution in [0.15, 0.2) is 53.4 Å². The zero-order valence-electron chi connectivity index (χ0n) is 17.4. The first-order chi connectivity index (χ1) is 14.6. The van der Waals surface area contributed by atoms with Crippen molar-refractivity contribution in [1.82, 2.24) is 15.3 Å². The van der Waals surface area contributed by atoms with Gasteiger partial charge in [0.1, 0.15) is 5.82 Å². The number of halogens is 1. The summed E-state index contributed by atoms with van der Waals surface area (Å²) in [4.78, 5) is 12.2. The molecule has 30 heavy (non-hydrogen) atoms. The van der Waals surface area contributed by atoms with Gasteiger partial charge in [0, 0.05) is 43.0 Å². The number of aromatic nitrogens is 2. The van der Waals surface area contributed by atoms with E-state index in [4.69, 9.17) is 9.97 Å². The number of fused-ring (bicyclic) bond motifs is 1. The van der Waals surface area contributed by atoms with Gasteiger partial charge in [0.15, 0.2) is 0 Å². The van der Waals surface area contributed by atoms with E-state index in [0.717, 1.165) is 48.9 Å². The molecule has 0 saturated heterocycles. The lowest BCUT2D eigenvalue weighted by Gasteiger charge is -2.30. The number of hydrogen-bond donors (Lipinski definition) is 2. The van der Waals surface area contributed by atoms with E-state index in [1.807, 2.05) is 61.5 Å². The van der Waals surface area contributed by atoms with Crippen molar-refractivity contribution in [3.63, 3.8) is 0 Å². The second-order valence-corrected chi connectivity index (χ2v) is 8.70. The molecule has 0 amide bonds. The fourth-order valence-electron chi connectivity index (χ4n) is 4.01. The summed E-state index contributed by atoms with van der Waals surface area (Å²) >= 11 is 0.287. The molecule has 0 radical (unpaired) electrons. The van der Waals surface area contributed by atoms with Gasteiger partial charge in [-0.05, 0) is 55.5 Å². The summed E-state index contributed by atoms with van der Waals surface area (Å²) in [6.07, 6.45) is 4.40. The van der Waals surface area contributed by atoms with Crippen molar-refractivity contribution in [2.24, 2.45) is 0 Å². The number of nitrogens with one attached hydrogen (secondary N) is 2. The molecule has 0 bridgehead atoms. The van der Waals surface area contributed by atoms with Gasteiger partial charge in [-0.15, -0.1) is 0 Å². The van der Waals surface area contributed by atoms with E-state index in [2.05, 4.69) is 16.7 Å². The standard InChI is InChI=1S/C23H28FN5S/c1-29(2)22-20-5-3-4-6-21(20)27-23(28-22)26-18-11-9-17(10-12-18)25-15-16-7-13-19(30-24)14-8-16/h3-8,13-14,17-18,25H,9-12,15H2,1-2H3,(H,26,27,28)/t17-,18+. The highest BCUT2D eigenvalue weighted by molar-refractivity contribution is 7.94. The normalized spacial score (nSPS) is 19.0. The van der Waals surface area contributed by atoms with Crippen molar-refractivity contribution in [3.05, 3.63) is 54.1 Å². The molecule has 0 spiro atoms. The first-order valence-corrected chi connectivity index (χ1v) is 11.2. The van der Waals surface area contributed by atoms with Crippen molar-refractivity contribution in [1.29, 1.82) is 0 Å². The topological polar surface area (TPSA) is 53.1 Å². The van der Waals surface area contributed by atoms with E-state index in [1.54, 1.807) is 0 Å². The van der Waals surface area contributed by atoms with Crippen molar-refractivity contribution in [2.45, 2.75) is 49.2 Å². The van der Waals surface area contributed by atoms with Crippen molar-refractivity contribution >= 4 is 34.8 Å². The smallest absolute Gasteiger partial charge is 0.225 e. The predicted octanol–water partition coefficient (Wildman–Crippen LogP) is 5.19. The van der Waals surface area contributed by atoms with Crippen LogP contribution in [0.3, 0.4) is 0 Å². The van der Waals surface area contributed by atoms with Crippen LogP contribution >= 0.6 is 12.1 Å². The average molecular weight is 426 g/mol. The molecule has 7 heteroatoms. The maximum atomic E-state index is 12.5. The molecule has 1 aliphatic rings. The highest BCUT2D eigenvalue weighted by atomic mass is 32.2. The fourth-order valence-corrected chi connectivity index (χ4v) is 4.25. The van der Waals surface area contributed by atoms with Crippen molar-refractivity contribution < 1.29 is 3.89 Å². The molecule has 4 rings (SSSR count). The average Bonchev–Trinajstić information content (AvgIpc) is 2.78. The molecular weight excluding hydrogens is 397 g/mol. The second kappa shape index (κ2) is 9.62. The maximum Gasteiger partial charge on any atom is 0.225 e. The molecule has 1 heterocycles. The molecule has 1 aromatic heterocycles. The Morgan fingerprint density at radius 1 is 0.967 bits per heavy atom. The highest BCUT2D eigenvalue weighted by Crippen LogP contribution is 2.26. The van der Waals surface area contributed by atoms with Gasteiger partial charge in [-0.2, -0.15) is 8.87 Å². The molecular formula is C23H28FN5S. The summed E-state index contributed by atoms with van der Waals surface area (Å²) in [5.41, 5.74) is 2.15. The lowest BCUT2D eigenvalue weighted by molar-refractivity contribution is 0.352. The number of anilines is 2. The zero-order chi connectivity index (χ0) is 20.9. The van der Waals surface area contributed by atoms with Crippen LogP contribution in [0.4, 0.5) is 15.7 Å². The number of hydrogen-bond acceptors (Lipinski definition) is 6. The van der Waals surface area contributed by atoms with E-state index in [0.29, 0.717) is 22.9 Å². The van der Waals surface area contributed by atoms with E-state index < -0.39 is 0 Å². The van der Waals surface area contributed by atoms with Gasteiger partial charge in [0.2, 0.25) is 5.95 Å². The third-order valence-electron chi connectivity index (χ3n) is 5.67. The molecule has 1 fully saturated rings. The Bertz CT molecular complexity index is 971. The van der Waals surface area contributed by atoms with E-state index in [1.165, 1.54) is 5.56 Å². The second-order valence-electron chi connectivity index (χ2n) is 8.08. The number of benzene rings is 2. The molecule has 2 aromatic carbocycles. The summed E-state index contributed by atoms with van der Waals surface area (Å²) in [6, 6.07) is 16.7. The van der Waals surface area contributed by atoms with Crippen LogP contribution in [0.1, 0.15) is 31.2 Å². The predicted molar refractivity (Wildman–Crippen MR) is 124 cm³/mol. The minimum absolute atomic E-state index is 0.287. The SMILES string of the molecule is CN(C)c1nc(N[C@H]2CC[C@@H](NCc3ccc(SF)cc3)CC2)nc2ccccc12.